The van der Waals surface area contributed by atoms with E-state index < -0.39 is 0 Å². The molecule has 0 unspecified atom stereocenters. The summed E-state index contributed by atoms with van der Waals surface area (Å²) in [6, 6.07) is 5.94. The van der Waals surface area contributed by atoms with Crippen LogP contribution >= 0.6 is 0 Å². The van der Waals surface area contributed by atoms with Gasteiger partial charge in [0.15, 0.2) is 5.76 Å². The Morgan fingerprint density at radius 1 is 1.33 bits per heavy atom. The predicted octanol–water partition coefficient (Wildman–Crippen LogP) is 1.57. The third-order valence-electron chi connectivity index (χ3n) is 2.14. The van der Waals surface area contributed by atoms with Gasteiger partial charge in [-0.2, -0.15) is 0 Å². The number of nitrogen functional groups attached to an aromatic ring is 1. The van der Waals surface area contributed by atoms with Crippen molar-refractivity contribution in [2.45, 2.75) is 0 Å². The molecule has 3 aromatic rings. The summed E-state index contributed by atoms with van der Waals surface area (Å²) in [5, 5.41) is 0. The third-order valence-corrected chi connectivity index (χ3v) is 2.14. The number of rotatable bonds is 1. The van der Waals surface area contributed by atoms with E-state index in [0.29, 0.717) is 5.76 Å². The lowest BCUT2D eigenvalue weighted by molar-refractivity contribution is 0.593. The lowest BCUT2D eigenvalue weighted by atomic mass is 10.4. The Kier molecular flexibility index (Phi) is 1.53. The van der Waals surface area contributed by atoms with Crippen LogP contribution in [0, 0.1) is 0 Å². The number of pyridine rings is 1. The molecule has 3 aromatic heterocycles. The summed E-state index contributed by atoms with van der Waals surface area (Å²) in [6.07, 6.45) is 5.36. The van der Waals surface area contributed by atoms with Crippen LogP contribution in [0.5, 0.6) is 0 Å². The summed E-state index contributed by atoms with van der Waals surface area (Å²) in [5.41, 5.74) is 6.99. The average molecular weight is 200 g/mol. The van der Waals surface area contributed by atoms with Crippen molar-refractivity contribution in [2.75, 3.05) is 5.73 Å². The average Bonchev–Trinajstić information content (AvgIpc) is 2.82. The second-order valence-corrected chi connectivity index (χ2v) is 3.15. The van der Waals surface area contributed by atoms with Gasteiger partial charge in [0.25, 0.3) is 6.01 Å². The van der Waals surface area contributed by atoms with Crippen molar-refractivity contribution < 1.29 is 4.42 Å². The maximum Gasteiger partial charge on any atom is 0.292 e. The van der Waals surface area contributed by atoms with Gasteiger partial charge >= 0.3 is 0 Å². The molecule has 2 N–H and O–H groups in total. The fourth-order valence-electron chi connectivity index (χ4n) is 1.46. The minimum absolute atomic E-state index is 0.155. The van der Waals surface area contributed by atoms with Crippen molar-refractivity contribution in [3.05, 3.63) is 36.8 Å². The Morgan fingerprint density at radius 3 is 3.00 bits per heavy atom. The normalized spacial score (nSPS) is 10.9. The summed E-state index contributed by atoms with van der Waals surface area (Å²) in [6.45, 7) is 0. The van der Waals surface area contributed by atoms with Gasteiger partial charge < -0.3 is 14.6 Å². The molecule has 0 amide bonds. The zero-order valence-corrected chi connectivity index (χ0v) is 7.79. The number of oxazole rings is 1. The molecule has 5 heteroatoms. The number of nitrogens with two attached hydrogens (primary N) is 1. The maximum absolute atomic E-state index is 5.40. The highest BCUT2D eigenvalue weighted by molar-refractivity contribution is 5.57. The van der Waals surface area contributed by atoms with Crippen molar-refractivity contribution in [1.82, 2.24) is 14.4 Å². The van der Waals surface area contributed by atoms with Crippen LogP contribution in [0.4, 0.5) is 6.01 Å². The van der Waals surface area contributed by atoms with Gasteiger partial charge in [-0.3, -0.25) is 0 Å². The van der Waals surface area contributed by atoms with Crippen molar-refractivity contribution in [3.63, 3.8) is 0 Å². The van der Waals surface area contributed by atoms with Crippen LogP contribution in [0.2, 0.25) is 0 Å². The number of hydrogen-bond donors (Lipinski definition) is 1. The minimum Gasteiger partial charge on any atom is -0.422 e. The van der Waals surface area contributed by atoms with Crippen molar-refractivity contribution in [3.8, 4) is 11.5 Å². The summed E-state index contributed by atoms with van der Waals surface area (Å²) < 4.78 is 7.10. The van der Waals surface area contributed by atoms with E-state index >= 15 is 0 Å². The van der Waals surface area contributed by atoms with Crippen molar-refractivity contribution in [2.24, 2.45) is 0 Å². The zero-order chi connectivity index (χ0) is 10.3. The second-order valence-electron chi connectivity index (χ2n) is 3.15. The molecular weight excluding hydrogens is 192 g/mol. The highest BCUT2D eigenvalue weighted by atomic mass is 16.4. The Balaban J connectivity index is 2.19. The molecule has 15 heavy (non-hydrogen) atoms. The third kappa shape index (κ3) is 1.25. The van der Waals surface area contributed by atoms with Crippen LogP contribution in [0.25, 0.3) is 17.1 Å². The molecule has 0 aliphatic rings. The van der Waals surface area contributed by atoms with Gasteiger partial charge in [0.05, 0.1) is 6.20 Å². The first-order valence-corrected chi connectivity index (χ1v) is 4.48. The maximum atomic E-state index is 5.40. The molecule has 0 saturated carbocycles. The molecule has 0 radical (unpaired) electrons. The molecule has 0 atom stereocenters. The molecule has 0 spiro atoms. The Morgan fingerprint density at radius 2 is 2.27 bits per heavy atom. The van der Waals surface area contributed by atoms with E-state index in [0.717, 1.165) is 11.3 Å². The van der Waals surface area contributed by atoms with E-state index in [1.165, 1.54) is 0 Å². The Hall–Kier alpha value is -2.30. The van der Waals surface area contributed by atoms with Gasteiger partial charge in [-0.1, -0.05) is 6.07 Å². The predicted molar refractivity (Wildman–Crippen MR) is 55.1 cm³/mol. The largest absolute Gasteiger partial charge is 0.422 e. The summed E-state index contributed by atoms with van der Waals surface area (Å²) in [5.74, 6) is 0.580. The smallest absolute Gasteiger partial charge is 0.292 e. The van der Waals surface area contributed by atoms with E-state index in [-0.39, 0.29) is 6.01 Å². The molecule has 3 rings (SSSR count). The first-order chi connectivity index (χ1) is 7.33. The van der Waals surface area contributed by atoms with E-state index in [1.54, 1.807) is 6.20 Å². The van der Waals surface area contributed by atoms with Crippen molar-refractivity contribution >= 4 is 11.7 Å². The monoisotopic (exact) mass is 200 g/mol. The van der Waals surface area contributed by atoms with E-state index in [9.17, 15) is 0 Å². The molecule has 74 valence electrons. The Bertz CT molecular complexity index is 577. The summed E-state index contributed by atoms with van der Waals surface area (Å²) in [7, 11) is 0. The highest BCUT2D eigenvalue weighted by Crippen LogP contribution is 2.20. The van der Waals surface area contributed by atoms with Gasteiger partial charge in [-0.05, 0) is 12.1 Å². The number of nitrogens with zero attached hydrogens (tertiary/aromatic N) is 3. The Labute approximate surface area is 85.2 Å². The van der Waals surface area contributed by atoms with Gasteiger partial charge in [-0.15, -0.1) is 0 Å². The fourth-order valence-corrected chi connectivity index (χ4v) is 1.46. The molecule has 3 heterocycles. The van der Waals surface area contributed by atoms with E-state index in [1.807, 2.05) is 35.0 Å². The molecule has 0 aliphatic carbocycles. The number of anilines is 1. The van der Waals surface area contributed by atoms with Gasteiger partial charge in [-0.25, -0.2) is 9.97 Å². The molecule has 0 saturated heterocycles. The molecule has 0 bridgehead atoms. The topological polar surface area (TPSA) is 69.3 Å². The number of hydrogen-bond acceptors (Lipinski definition) is 4. The summed E-state index contributed by atoms with van der Waals surface area (Å²) in [4.78, 5) is 8.19. The quantitative estimate of drug-likeness (QED) is 0.647. The van der Waals surface area contributed by atoms with Crippen LogP contribution in [0.15, 0.2) is 41.2 Å². The minimum atomic E-state index is 0.155. The lowest BCUT2D eigenvalue weighted by Crippen LogP contribution is -1.79. The first kappa shape index (κ1) is 8.05. The van der Waals surface area contributed by atoms with Gasteiger partial charge in [0, 0.05) is 12.4 Å². The summed E-state index contributed by atoms with van der Waals surface area (Å²) >= 11 is 0. The van der Waals surface area contributed by atoms with Crippen LogP contribution < -0.4 is 5.73 Å². The molecule has 0 aliphatic heterocycles. The van der Waals surface area contributed by atoms with Gasteiger partial charge in [0.2, 0.25) is 0 Å². The van der Waals surface area contributed by atoms with E-state index in [2.05, 4.69) is 9.97 Å². The first-order valence-electron chi connectivity index (χ1n) is 4.48. The number of imidazole rings is 1. The van der Waals surface area contributed by atoms with Crippen LogP contribution in [-0.4, -0.2) is 14.4 Å². The van der Waals surface area contributed by atoms with Crippen molar-refractivity contribution in [1.29, 1.82) is 0 Å². The molecular formula is C10H8N4O. The van der Waals surface area contributed by atoms with Crippen LogP contribution in [0.1, 0.15) is 0 Å². The number of aromatic nitrogens is 3. The number of fused-ring (bicyclic) bond motifs is 1. The SMILES string of the molecule is Nc1ncc(-c2cn3ccccc3n2)o1. The molecule has 0 aromatic carbocycles. The van der Waals surface area contributed by atoms with Gasteiger partial charge in [0.1, 0.15) is 11.3 Å². The highest BCUT2D eigenvalue weighted by Gasteiger charge is 2.08. The lowest BCUT2D eigenvalue weighted by Gasteiger charge is -1.86. The van der Waals surface area contributed by atoms with Crippen LogP contribution in [0.3, 0.4) is 0 Å². The molecule has 0 fully saturated rings. The second kappa shape index (κ2) is 2.84. The molecule has 5 nitrogen and oxygen atoms in total. The van der Waals surface area contributed by atoms with Crippen LogP contribution in [-0.2, 0) is 0 Å². The fraction of sp³-hybridized carbons (Fsp3) is 0. The van der Waals surface area contributed by atoms with E-state index in [4.69, 9.17) is 10.2 Å². The standard InChI is InChI=1S/C10H8N4O/c11-10-12-5-8(15-10)7-6-14-4-2-1-3-9(14)13-7/h1-6H,(H2,11,12). The zero-order valence-electron chi connectivity index (χ0n) is 7.79.